The first kappa shape index (κ1) is 50.6. The number of ether oxygens (including phenoxy) is 6. The van der Waals surface area contributed by atoms with Crippen LogP contribution < -0.4 is 16.0 Å². The minimum absolute atomic E-state index is 0.00347. The number of piperazine rings is 2. The van der Waals surface area contributed by atoms with Gasteiger partial charge in [-0.15, -0.1) is 0 Å². The Kier molecular flexibility index (Phi) is 20.5. The van der Waals surface area contributed by atoms with Crippen LogP contribution in [-0.4, -0.2) is 138 Å². The summed E-state index contributed by atoms with van der Waals surface area (Å²) in [7, 11) is 0. The zero-order chi connectivity index (χ0) is 42.9. The number of hydrogen-bond donors (Lipinski definition) is 3. The quantitative estimate of drug-likeness (QED) is 0.186. The smallest absolute Gasteiger partial charge is 0.480 e. The first-order valence-corrected chi connectivity index (χ1v) is 18.5. The van der Waals surface area contributed by atoms with E-state index in [2.05, 4.69) is 25.7 Å². The number of nitrogens with zero attached hydrogens (tertiary/aromatic N) is 3. The summed E-state index contributed by atoms with van der Waals surface area (Å²) in [4.78, 5) is 75.0. The molecule has 3 rings (SSSR count). The Balaban J connectivity index is 0.000000725. The highest BCUT2D eigenvalue weighted by Crippen LogP contribution is 2.16. The summed E-state index contributed by atoms with van der Waals surface area (Å²) in [6.45, 7) is 32.7. The van der Waals surface area contributed by atoms with Crippen LogP contribution in [-0.2, 0) is 38.0 Å². The van der Waals surface area contributed by atoms with Crippen LogP contribution in [0, 0.1) is 0 Å². The van der Waals surface area contributed by atoms with Crippen LogP contribution in [0.4, 0.5) is 19.2 Å². The third kappa shape index (κ3) is 23.2. The summed E-state index contributed by atoms with van der Waals surface area (Å²) in [5.41, 5.74) is -2.39. The molecule has 318 valence electrons. The highest BCUT2D eigenvalue weighted by Gasteiger charge is 2.33. The zero-order valence-electron chi connectivity index (χ0n) is 35.9. The number of aliphatic imine (C=N–C) groups is 1. The lowest BCUT2D eigenvalue weighted by Gasteiger charge is -2.34. The van der Waals surface area contributed by atoms with Crippen LogP contribution in [0.5, 0.6) is 0 Å². The third-order valence-corrected chi connectivity index (χ3v) is 6.69. The molecule has 0 aromatic heterocycles. The maximum absolute atomic E-state index is 12.0. The summed E-state index contributed by atoms with van der Waals surface area (Å²) in [5.74, 6) is 0.591. The normalized spacial score (nSPS) is 20.1. The van der Waals surface area contributed by atoms with Crippen LogP contribution in [0.25, 0.3) is 0 Å². The minimum atomic E-state index is -1.06. The molecule has 2 saturated heterocycles. The average Bonchev–Trinajstić information content (AvgIpc) is 2.98. The second-order valence-corrected chi connectivity index (χ2v) is 16.6. The third-order valence-electron chi connectivity index (χ3n) is 6.69. The summed E-state index contributed by atoms with van der Waals surface area (Å²) in [6, 6.07) is -0.601. The molecule has 3 unspecified atom stereocenters. The molecule has 18 nitrogen and oxygen atoms in total. The summed E-state index contributed by atoms with van der Waals surface area (Å²) in [5, 5.41) is 8.44. The van der Waals surface area contributed by atoms with E-state index in [1.807, 2.05) is 41.5 Å². The summed E-state index contributed by atoms with van der Waals surface area (Å²) >= 11 is 0. The lowest BCUT2D eigenvalue weighted by atomic mass is 10.2. The number of hydrogen-bond acceptors (Lipinski definition) is 14. The molecule has 0 radical (unpaired) electrons. The lowest BCUT2D eigenvalue weighted by molar-refractivity contribution is -0.128. The molecule has 3 N–H and O–H groups in total. The zero-order valence-corrected chi connectivity index (χ0v) is 35.9. The van der Waals surface area contributed by atoms with Crippen LogP contribution in [0.1, 0.15) is 111 Å². The van der Waals surface area contributed by atoms with Crippen LogP contribution in [0.15, 0.2) is 4.99 Å². The average molecular weight is 789 g/mol. The Morgan fingerprint density at radius 1 is 0.636 bits per heavy atom. The van der Waals surface area contributed by atoms with E-state index in [-0.39, 0.29) is 30.0 Å². The van der Waals surface area contributed by atoms with Gasteiger partial charge in [-0.25, -0.2) is 19.2 Å². The number of nitrogens with one attached hydrogen (secondary N) is 3. The second-order valence-electron chi connectivity index (χ2n) is 16.6. The van der Waals surface area contributed by atoms with Crippen LogP contribution >= 0.6 is 0 Å². The molecule has 0 saturated carbocycles. The maximum Gasteiger partial charge on any atom is 0.519 e. The molecule has 0 spiro atoms. The molecular weight excluding hydrogens is 720 g/mol. The van der Waals surface area contributed by atoms with Crippen molar-refractivity contribution in [3.05, 3.63) is 0 Å². The molecule has 3 atom stereocenters. The molecule has 0 aromatic carbocycles. The Morgan fingerprint density at radius 3 is 1.45 bits per heavy atom. The molecular formula is C37H68N6O12. The molecule has 3 aliphatic rings. The topological polar surface area (TPSA) is 213 Å². The predicted octanol–water partition coefficient (Wildman–Crippen LogP) is 4.77. The van der Waals surface area contributed by atoms with Gasteiger partial charge in [-0.3, -0.25) is 24.4 Å². The molecule has 55 heavy (non-hydrogen) atoms. The molecule has 0 aromatic rings. The highest BCUT2D eigenvalue weighted by molar-refractivity contribution is 5.87. The van der Waals surface area contributed by atoms with Gasteiger partial charge in [0.15, 0.2) is 0 Å². The number of rotatable bonds is 1. The van der Waals surface area contributed by atoms with Gasteiger partial charge in [0, 0.05) is 32.7 Å². The molecule has 4 amide bonds. The maximum atomic E-state index is 12.0. The summed E-state index contributed by atoms with van der Waals surface area (Å²) in [6.07, 6.45) is -2.85. The SMILES string of the molecule is CC(C)(C)OC(=O)OC(=O)OC(C)(C)C.CC1C(=O)NCCN1C(=O)OC(C)(C)C.CC1NCCNC1=O.CCOC1=NCCN(C(=O)OC(C)(C)C)C1C. The van der Waals surface area contributed by atoms with E-state index in [1.54, 1.807) is 74.1 Å². The van der Waals surface area contributed by atoms with Crippen molar-refractivity contribution in [2.45, 2.75) is 151 Å². The van der Waals surface area contributed by atoms with Gasteiger partial charge in [0.2, 0.25) is 17.7 Å². The van der Waals surface area contributed by atoms with E-state index in [0.717, 1.165) is 13.1 Å². The van der Waals surface area contributed by atoms with Crippen molar-refractivity contribution < 1.29 is 57.2 Å². The fourth-order valence-electron chi connectivity index (χ4n) is 4.29. The van der Waals surface area contributed by atoms with E-state index in [1.165, 1.54) is 4.90 Å². The van der Waals surface area contributed by atoms with E-state index < -0.39 is 46.9 Å². The van der Waals surface area contributed by atoms with Crippen molar-refractivity contribution in [1.82, 2.24) is 25.8 Å². The monoisotopic (exact) mass is 788 g/mol. The van der Waals surface area contributed by atoms with Gasteiger partial charge in [-0.05, 0) is 111 Å². The van der Waals surface area contributed by atoms with Gasteiger partial charge < -0.3 is 44.4 Å². The van der Waals surface area contributed by atoms with Gasteiger partial charge in [0.05, 0.1) is 19.2 Å². The largest absolute Gasteiger partial charge is 0.519 e. The van der Waals surface area contributed by atoms with Crippen LogP contribution in [0.2, 0.25) is 0 Å². The Bertz CT molecular complexity index is 1290. The molecule has 0 aliphatic carbocycles. The number of carbonyl (C=O) groups is 6. The van der Waals surface area contributed by atoms with E-state index in [9.17, 15) is 28.8 Å². The molecule has 18 heteroatoms. The highest BCUT2D eigenvalue weighted by atomic mass is 16.8. The van der Waals surface area contributed by atoms with Gasteiger partial charge in [0.25, 0.3) is 0 Å². The Morgan fingerprint density at radius 2 is 1.07 bits per heavy atom. The number of carbonyl (C=O) groups excluding carboxylic acids is 6. The second kappa shape index (κ2) is 22.3. The van der Waals surface area contributed by atoms with E-state index in [4.69, 9.17) is 23.7 Å². The first-order valence-electron chi connectivity index (χ1n) is 18.5. The molecule has 0 bridgehead atoms. The van der Waals surface area contributed by atoms with Gasteiger partial charge in [-0.1, -0.05) is 0 Å². The molecule has 3 aliphatic heterocycles. The van der Waals surface area contributed by atoms with Crippen molar-refractivity contribution in [3.63, 3.8) is 0 Å². The molecule has 3 heterocycles. The lowest BCUT2D eigenvalue weighted by Crippen LogP contribution is -2.56. The Hall–Kier alpha value is -4.35. The minimum Gasteiger partial charge on any atom is -0.480 e. The number of amides is 4. The summed E-state index contributed by atoms with van der Waals surface area (Å²) < 4.78 is 29.8. The Labute approximate surface area is 327 Å². The van der Waals surface area contributed by atoms with Gasteiger partial charge in [-0.2, -0.15) is 0 Å². The van der Waals surface area contributed by atoms with E-state index in [0.29, 0.717) is 38.7 Å². The van der Waals surface area contributed by atoms with Crippen LogP contribution in [0.3, 0.4) is 0 Å². The van der Waals surface area contributed by atoms with Crippen molar-refractivity contribution in [3.8, 4) is 0 Å². The first-order chi connectivity index (χ1) is 25.0. The fraction of sp³-hybridized carbons (Fsp3) is 0.811. The van der Waals surface area contributed by atoms with Crippen molar-refractivity contribution in [2.75, 3.05) is 45.9 Å². The van der Waals surface area contributed by atoms with E-state index >= 15 is 0 Å². The standard InChI is InChI=1S/C12H22N2O3.C10H18N2O3.C10H18O5.C5H10N2O/c1-6-16-10-9(2)14(8-7-13-10)11(15)17-12(3,4)5;1-7-8(13)11-5-6-12(7)9(14)15-10(2,3)4;1-9(2,3)14-7(11)13-8(12)15-10(4,5)6;1-4-5(8)7-3-2-6-4/h9H,6-8H2,1-5H3;7H,5-6H2,1-4H3,(H,11,13);1-6H3;4,6H,2-3H2,1H3,(H,7,8). The van der Waals surface area contributed by atoms with Gasteiger partial charge >= 0.3 is 24.5 Å². The van der Waals surface area contributed by atoms with Crippen molar-refractivity contribution in [1.29, 1.82) is 0 Å². The molecule has 2 fully saturated rings. The predicted molar refractivity (Wildman–Crippen MR) is 206 cm³/mol. The van der Waals surface area contributed by atoms with Crippen molar-refractivity contribution in [2.24, 2.45) is 4.99 Å². The van der Waals surface area contributed by atoms with Gasteiger partial charge in [0.1, 0.15) is 34.5 Å². The fourth-order valence-corrected chi connectivity index (χ4v) is 4.29. The van der Waals surface area contributed by atoms with Crippen molar-refractivity contribution >= 4 is 42.2 Å².